The molecule has 4 N–H and O–H groups in total. The van der Waals surface area contributed by atoms with Crippen LogP contribution < -0.4 is 19.2 Å². The maximum Gasteiger partial charge on any atom is 2.00 e. The Balaban J connectivity index is -0.0000000457. The summed E-state index contributed by atoms with van der Waals surface area (Å²) < 4.78 is 0. The SMILES string of the molecule is O[Si](O)(O)O.[Ca+2].[Cd+2].[O-][Si]([O-])([O-])[O-]. The quantitative estimate of drug-likeness (QED) is 0.314. The van der Waals surface area contributed by atoms with Crippen molar-refractivity contribution in [3.63, 3.8) is 0 Å². The summed E-state index contributed by atoms with van der Waals surface area (Å²) in [5.74, 6) is 0. The third-order valence-corrected chi connectivity index (χ3v) is 0. The molecule has 0 aromatic carbocycles. The Morgan fingerprint density at radius 2 is 0.750 bits per heavy atom. The van der Waals surface area contributed by atoms with Crippen LogP contribution >= 0.6 is 0 Å². The predicted octanol–water partition coefficient (Wildman–Crippen LogP) is -8.13. The fourth-order valence-electron chi connectivity index (χ4n) is 0. The zero-order valence-corrected chi connectivity index (χ0v) is 14.1. The summed E-state index contributed by atoms with van der Waals surface area (Å²) in [4.78, 5) is 63.6. The van der Waals surface area contributed by atoms with E-state index >= 15 is 0 Å². The van der Waals surface area contributed by atoms with Gasteiger partial charge in [-0.1, -0.05) is 0 Å². The van der Waals surface area contributed by atoms with Crippen molar-refractivity contribution in [2.24, 2.45) is 0 Å². The number of hydrogen-bond donors (Lipinski definition) is 4. The van der Waals surface area contributed by atoms with E-state index in [2.05, 4.69) is 0 Å². The van der Waals surface area contributed by atoms with E-state index in [1.807, 2.05) is 0 Å². The first kappa shape index (κ1) is 23.8. The topological polar surface area (TPSA) is 173 Å². The Kier molecular flexibility index (Phi) is 19.5. The molecule has 0 aliphatic heterocycles. The van der Waals surface area contributed by atoms with Gasteiger partial charge in [-0.2, -0.15) is 0 Å². The molecule has 0 unspecified atom stereocenters. The van der Waals surface area contributed by atoms with Crippen molar-refractivity contribution < 1.29 is 65.7 Å². The zero-order chi connectivity index (χ0) is 9.00. The second kappa shape index (κ2) is 9.84. The van der Waals surface area contributed by atoms with E-state index < -0.39 is 18.1 Å². The molecular weight excluding hydrogens is 337 g/mol. The molecule has 0 bridgehead atoms. The monoisotopic (exact) mass is 342 g/mol. The summed E-state index contributed by atoms with van der Waals surface area (Å²) in [6.07, 6.45) is 0. The van der Waals surface area contributed by atoms with E-state index in [1.165, 1.54) is 0 Å². The van der Waals surface area contributed by atoms with Crippen molar-refractivity contribution in [1.29, 1.82) is 0 Å². The molecule has 0 saturated heterocycles. The molecule has 0 heterocycles. The van der Waals surface area contributed by atoms with Crippen LogP contribution in [0.1, 0.15) is 0 Å². The minimum atomic E-state index is -5.61. The van der Waals surface area contributed by atoms with Crippen molar-refractivity contribution in [3.05, 3.63) is 0 Å². The summed E-state index contributed by atoms with van der Waals surface area (Å²) in [5, 5.41) is 0. The third-order valence-electron chi connectivity index (χ3n) is 0. The summed E-state index contributed by atoms with van der Waals surface area (Å²) in [7, 11) is -10.2. The first-order valence-corrected chi connectivity index (χ1v) is 5.13. The zero-order valence-electron chi connectivity index (χ0n) is 5.84. The normalized spacial score (nSPS) is 10.0. The Morgan fingerprint density at radius 1 is 0.750 bits per heavy atom. The van der Waals surface area contributed by atoms with Crippen LogP contribution in [0.5, 0.6) is 0 Å². The fourth-order valence-corrected chi connectivity index (χ4v) is 0. The standard InChI is InChI=1S/Ca.Cd.H4O4Si.O4Si/c;;2*1-5(2,3)4/h;;1-4H;/q2*+2;;-4. The number of hydrogen-bond acceptors (Lipinski definition) is 8. The van der Waals surface area contributed by atoms with Crippen molar-refractivity contribution in [1.82, 2.24) is 0 Å². The second-order valence-corrected chi connectivity index (χ2v) is 3.30. The van der Waals surface area contributed by atoms with Gasteiger partial charge in [-0.3, -0.25) is 0 Å². The van der Waals surface area contributed by atoms with Crippen molar-refractivity contribution in [3.8, 4) is 0 Å². The molecule has 0 aromatic heterocycles. The molecule has 0 amide bonds. The fraction of sp³-hybridized carbons (Fsp3) is 0. The Labute approximate surface area is 120 Å². The molecule has 0 radical (unpaired) electrons. The van der Waals surface area contributed by atoms with Crippen molar-refractivity contribution in [2.75, 3.05) is 0 Å². The molecule has 8 nitrogen and oxygen atoms in total. The molecule has 0 aromatic rings. The molecule has 0 rings (SSSR count). The van der Waals surface area contributed by atoms with Crippen LogP contribution in [0.15, 0.2) is 0 Å². The van der Waals surface area contributed by atoms with Gasteiger partial charge in [0.05, 0.1) is 0 Å². The average molecular weight is 341 g/mol. The van der Waals surface area contributed by atoms with Gasteiger partial charge in [0.15, 0.2) is 0 Å². The molecule has 0 fully saturated rings. The van der Waals surface area contributed by atoms with E-state index in [-0.39, 0.29) is 65.0 Å². The Morgan fingerprint density at radius 3 is 0.750 bits per heavy atom. The van der Waals surface area contributed by atoms with Gasteiger partial charge in [-0.05, 0) is 0 Å². The second-order valence-electron chi connectivity index (χ2n) is 1.10. The largest absolute Gasteiger partial charge is 2.00 e. The molecule has 12 heavy (non-hydrogen) atoms. The van der Waals surface area contributed by atoms with E-state index in [0.29, 0.717) is 0 Å². The Bertz CT molecular complexity index is 60.0. The summed E-state index contributed by atoms with van der Waals surface area (Å²) in [6, 6.07) is 0. The van der Waals surface area contributed by atoms with Gasteiger partial charge in [0.25, 0.3) is 0 Å². The van der Waals surface area contributed by atoms with Gasteiger partial charge < -0.3 is 47.4 Å². The third kappa shape index (κ3) is 298. The van der Waals surface area contributed by atoms with Crippen LogP contribution in [0.3, 0.4) is 0 Å². The molecule has 64 valence electrons. The van der Waals surface area contributed by atoms with Crippen molar-refractivity contribution in [2.45, 2.75) is 0 Å². The molecular formula is H4CaCdO8Si2. The minimum absolute atomic E-state index is 0. The smallest absolute Gasteiger partial charge is 0.894 e. The van der Waals surface area contributed by atoms with Gasteiger partial charge >= 0.3 is 74.1 Å². The van der Waals surface area contributed by atoms with E-state index in [9.17, 15) is 0 Å². The van der Waals surface area contributed by atoms with Crippen LogP contribution in [0.4, 0.5) is 0 Å². The molecule has 0 spiro atoms. The molecule has 0 saturated carbocycles. The Hall–Kier alpha value is 2.30. The van der Waals surface area contributed by atoms with Crippen LogP contribution in [-0.2, 0) is 27.3 Å². The first-order valence-electron chi connectivity index (χ1n) is 1.71. The predicted molar refractivity (Wildman–Crippen MR) is 26.1 cm³/mol. The summed E-state index contributed by atoms with van der Waals surface area (Å²) in [5.41, 5.74) is 0. The summed E-state index contributed by atoms with van der Waals surface area (Å²) in [6.45, 7) is 0. The minimum Gasteiger partial charge on any atom is -0.894 e. The average Bonchev–Trinajstić information content (AvgIpc) is 1.12. The van der Waals surface area contributed by atoms with E-state index in [4.69, 9.17) is 38.4 Å². The van der Waals surface area contributed by atoms with Crippen LogP contribution in [0.25, 0.3) is 0 Å². The maximum atomic E-state index is 8.58. The molecule has 12 heteroatoms. The van der Waals surface area contributed by atoms with Gasteiger partial charge in [-0.25, -0.2) is 0 Å². The maximum absolute atomic E-state index is 8.58. The van der Waals surface area contributed by atoms with Crippen LogP contribution in [0.2, 0.25) is 0 Å². The molecule has 0 atom stereocenters. The number of rotatable bonds is 0. The van der Waals surface area contributed by atoms with Gasteiger partial charge in [0.2, 0.25) is 0 Å². The molecule has 0 aliphatic rings. The van der Waals surface area contributed by atoms with Gasteiger partial charge in [0.1, 0.15) is 0 Å². The van der Waals surface area contributed by atoms with E-state index in [0.717, 1.165) is 0 Å². The van der Waals surface area contributed by atoms with E-state index in [1.54, 1.807) is 0 Å². The van der Waals surface area contributed by atoms with Gasteiger partial charge in [0, 0.05) is 0 Å². The van der Waals surface area contributed by atoms with Crippen molar-refractivity contribution >= 4 is 55.8 Å². The van der Waals surface area contributed by atoms with Crippen LogP contribution in [0, 0.1) is 0 Å². The first-order chi connectivity index (χ1) is 4.00. The van der Waals surface area contributed by atoms with Crippen LogP contribution in [-0.4, -0.2) is 75.0 Å². The van der Waals surface area contributed by atoms with Gasteiger partial charge in [-0.15, -0.1) is 0 Å². The summed E-state index contributed by atoms with van der Waals surface area (Å²) >= 11 is 0. The molecule has 0 aliphatic carbocycles.